The van der Waals surface area contributed by atoms with Gasteiger partial charge in [0.2, 0.25) is 5.69 Å². The minimum atomic E-state index is -0.573. The second-order valence-electron chi connectivity index (χ2n) is 5.09. The number of carbonyl (C=O) groups is 1. The molecule has 7 nitrogen and oxygen atoms in total. The van der Waals surface area contributed by atoms with Crippen LogP contribution >= 0.6 is 11.3 Å². The van der Waals surface area contributed by atoms with Gasteiger partial charge in [-0.2, -0.15) is 11.3 Å². The van der Waals surface area contributed by atoms with Crippen LogP contribution in [0.2, 0.25) is 0 Å². The van der Waals surface area contributed by atoms with Gasteiger partial charge in [-0.1, -0.05) is 0 Å². The summed E-state index contributed by atoms with van der Waals surface area (Å²) in [6.45, 7) is 0.0864. The number of hydrogen-bond acceptors (Lipinski definition) is 6. The van der Waals surface area contributed by atoms with Crippen molar-refractivity contribution in [2.24, 2.45) is 0 Å². The predicted molar refractivity (Wildman–Crippen MR) is 84.1 cm³/mol. The largest absolute Gasteiger partial charge is 0.539 e. The van der Waals surface area contributed by atoms with Crippen LogP contribution in [-0.2, 0) is 6.54 Å². The lowest BCUT2D eigenvalue weighted by Crippen LogP contribution is -2.40. The molecule has 2 aromatic heterocycles. The van der Waals surface area contributed by atoms with Crippen molar-refractivity contribution in [2.75, 3.05) is 14.2 Å². The molecule has 1 aromatic carbocycles. The Bertz CT molecular complexity index is 828. The van der Waals surface area contributed by atoms with Crippen molar-refractivity contribution in [3.8, 4) is 17.4 Å². The average molecular weight is 345 g/mol. The summed E-state index contributed by atoms with van der Waals surface area (Å²) >= 11 is 1.44. The number of benzene rings is 1. The van der Waals surface area contributed by atoms with E-state index in [9.17, 15) is 9.90 Å². The molecular formula is C16H15N3O4S. The maximum absolute atomic E-state index is 12.3. The van der Waals surface area contributed by atoms with Crippen LogP contribution in [0.5, 0.6) is 11.7 Å². The molecule has 3 rings (SSSR count). The van der Waals surface area contributed by atoms with Gasteiger partial charge in [0.25, 0.3) is 11.6 Å². The zero-order valence-electron chi connectivity index (χ0n) is 13.1. The quantitative estimate of drug-likeness (QED) is 0.652. The molecule has 0 unspecified atom stereocenters. The van der Waals surface area contributed by atoms with Gasteiger partial charge in [0.05, 0.1) is 17.9 Å². The highest BCUT2D eigenvalue weighted by molar-refractivity contribution is 7.08. The second-order valence-corrected chi connectivity index (χ2v) is 5.87. The van der Waals surface area contributed by atoms with Gasteiger partial charge in [0.1, 0.15) is 12.3 Å². The Balaban J connectivity index is 1.85. The Morgan fingerprint density at radius 3 is 2.75 bits per heavy atom. The first-order chi connectivity index (χ1) is 11.6. The summed E-state index contributed by atoms with van der Waals surface area (Å²) in [5, 5.41) is 19.3. The molecule has 0 radical (unpaired) electrons. The number of nitrogens with zero attached hydrogens (tertiary/aromatic N) is 3. The third-order valence-corrected chi connectivity index (χ3v) is 4.20. The fraction of sp³-hybridized carbons (Fsp3) is 0.188. The van der Waals surface area contributed by atoms with Crippen molar-refractivity contribution < 1.29 is 23.8 Å². The molecule has 0 aliphatic rings. The van der Waals surface area contributed by atoms with E-state index >= 15 is 0 Å². The summed E-state index contributed by atoms with van der Waals surface area (Å²) in [5.41, 5.74) is 1.50. The van der Waals surface area contributed by atoms with E-state index in [1.807, 2.05) is 5.38 Å². The van der Waals surface area contributed by atoms with Gasteiger partial charge in [-0.05, 0) is 28.3 Å². The number of aromatic nitrogens is 2. The number of hydrogen-bond donors (Lipinski definition) is 0. The number of amides is 1. The Morgan fingerprint density at radius 2 is 2.12 bits per heavy atom. The van der Waals surface area contributed by atoms with Gasteiger partial charge in [-0.3, -0.25) is 4.79 Å². The van der Waals surface area contributed by atoms with Crippen LogP contribution in [-0.4, -0.2) is 30.2 Å². The van der Waals surface area contributed by atoms with Crippen LogP contribution in [0.3, 0.4) is 0 Å². The molecule has 0 aliphatic heterocycles. The fourth-order valence-corrected chi connectivity index (χ4v) is 2.86. The molecule has 0 fully saturated rings. The monoisotopic (exact) mass is 345 g/mol. The van der Waals surface area contributed by atoms with Crippen molar-refractivity contribution in [1.82, 2.24) is 10.2 Å². The molecule has 124 valence electrons. The summed E-state index contributed by atoms with van der Waals surface area (Å²) in [5.74, 6) is -0.0505. The number of rotatable bonds is 5. The smallest absolute Gasteiger partial charge is 0.259 e. The highest BCUT2D eigenvalue weighted by atomic mass is 32.1. The van der Waals surface area contributed by atoms with Gasteiger partial charge in [0, 0.05) is 24.6 Å². The van der Waals surface area contributed by atoms with Crippen LogP contribution in [0.15, 0.2) is 45.6 Å². The van der Waals surface area contributed by atoms with E-state index in [0.717, 1.165) is 0 Å². The van der Waals surface area contributed by atoms with E-state index in [1.54, 1.807) is 49.9 Å². The third kappa shape index (κ3) is 3.09. The predicted octanol–water partition coefficient (Wildman–Crippen LogP) is 1.37. The van der Waals surface area contributed by atoms with E-state index in [4.69, 9.17) is 9.26 Å². The first kappa shape index (κ1) is 16.0. The number of ether oxygens (including phenoxy) is 1. The number of carbonyl (C=O) groups excluding carboxylic acids is 1. The molecule has 0 atom stereocenters. The molecule has 8 heteroatoms. The fourth-order valence-electron chi connectivity index (χ4n) is 2.23. The van der Waals surface area contributed by atoms with Crippen LogP contribution in [0.25, 0.3) is 5.69 Å². The number of methoxy groups -OCH3 is 1. The number of thiophene rings is 1. The van der Waals surface area contributed by atoms with Crippen LogP contribution in [0, 0.1) is 0 Å². The van der Waals surface area contributed by atoms with Gasteiger partial charge >= 0.3 is 0 Å². The van der Waals surface area contributed by atoms with Gasteiger partial charge in [-0.15, -0.1) is 0 Å². The maximum Gasteiger partial charge on any atom is 0.259 e. The lowest BCUT2D eigenvalue weighted by Gasteiger charge is -2.14. The Kier molecular flexibility index (Phi) is 4.48. The highest BCUT2D eigenvalue weighted by Crippen LogP contribution is 2.17. The zero-order chi connectivity index (χ0) is 17.1. The maximum atomic E-state index is 12.3. The first-order valence-electron chi connectivity index (χ1n) is 7.10. The molecule has 0 saturated heterocycles. The van der Waals surface area contributed by atoms with Crippen molar-refractivity contribution in [3.63, 3.8) is 0 Å². The lowest BCUT2D eigenvalue weighted by molar-refractivity contribution is -0.678. The molecule has 0 aliphatic carbocycles. The van der Waals surface area contributed by atoms with Crippen molar-refractivity contribution in [3.05, 3.63) is 52.3 Å². The van der Waals surface area contributed by atoms with Gasteiger partial charge in [0.15, 0.2) is 5.95 Å². The Hall–Kier alpha value is -2.87. The molecule has 0 bridgehead atoms. The molecule has 0 saturated carbocycles. The minimum Gasteiger partial charge on any atom is -0.539 e. The van der Waals surface area contributed by atoms with Crippen molar-refractivity contribution in [1.29, 1.82) is 0 Å². The van der Waals surface area contributed by atoms with Crippen LogP contribution in [0.4, 0.5) is 0 Å². The molecule has 0 spiro atoms. The first-order valence-corrected chi connectivity index (χ1v) is 8.04. The van der Waals surface area contributed by atoms with E-state index < -0.39 is 5.95 Å². The van der Waals surface area contributed by atoms with E-state index in [0.29, 0.717) is 17.0 Å². The summed E-state index contributed by atoms with van der Waals surface area (Å²) in [4.78, 5) is 13.8. The lowest BCUT2D eigenvalue weighted by atomic mass is 10.2. The van der Waals surface area contributed by atoms with Crippen molar-refractivity contribution in [2.45, 2.75) is 6.54 Å². The zero-order valence-corrected chi connectivity index (χ0v) is 13.9. The third-order valence-electron chi connectivity index (χ3n) is 3.52. The normalized spacial score (nSPS) is 10.6. The molecule has 3 aromatic rings. The average Bonchev–Trinajstić information content (AvgIpc) is 3.25. The van der Waals surface area contributed by atoms with Gasteiger partial charge < -0.3 is 19.3 Å². The highest BCUT2D eigenvalue weighted by Gasteiger charge is 2.24. The molecule has 1 amide bonds. The topological polar surface area (TPSA) is 82.5 Å². The summed E-state index contributed by atoms with van der Waals surface area (Å²) in [6, 6.07) is 8.76. The van der Waals surface area contributed by atoms with E-state index in [-0.39, 0.29) is 18.1 Å². The van der Waals surface area contributed by atoms with Crippen molar-refractivity contribution >= 4 is 17.2 Å². The molecule has 24 heavy (non-hydrogen) atoms. The summed E-state index contributed by atoms with van der Waals surface area (Å²) < 4.78 is 11.3. The SMILES string of the molecule is COc1ccc(-[n+]2noc([O-])c2CN(C)C(=O)c2ccsc2)cc1. The minimum absolute atomic E-state index is 0.0864. The molecular weight excluding hydrogens is 330 g/mol. The van der Waals surface area contributed by atoms with Crippen LogP contribution < -0.4 is 14.5 Å². The Morgan fingerprint density at radius 1 is 1.38 bits per heavy atom. The molecule has 0 N–H and O–H groups in total. The Labute approximate surface area is 142 Å². The summed E-state index contributed by atoms with van der Waals surface area (Å²) in [7, 11) is 3.20. The van der Waals surface area contributed by atoms with Gasteiger partial charge in [-0.25, -0.2) is 0 Å². The van der Waals surface area contributed by atoms with Crippen LogP contribution in [0.1, 0.15) is 16.1 Å². The van der Waals surface area contributed by atoms with E-state index in [1.165, 1.54) is 20.9 Å². The standard InChI is InChI=1S/C16H15N3O4S/c1-18(15(20)11-7-8-24-10-11)9-14-16(21)23-17-19(14)12-3-5-13(22-2)6-4-12/h3-8,10H,9H2,1-2H3. The second kappa shape index (κ2) is 6.71. The summed E-state index contributed by atoms with van der Waals surface area (Å²) in [6.07, 6.45) is 0. The van der Waals surface area contributed by atoms with E-state index in [2.05, 4.69) is 5.27 Å². The molecule has 2 heterocycles.